The minimum Gasteiger partial charge on any atom is -0.314 e. The highest BCUT2D eigenvalue weighted by Gasteiger charge is 2.20. The number of para-hydroxylation sites is 1. The molecule has 0 aliphatic heterocycles. The smallest absolute Gasteiger partial charge is 0.249 e. The molecule has 0 aliphatic rings. The van der Waals surface area contributed by atoms with Crippen LogP contribution < -0.4 is 4.90 Å². The Balaban J connectivity index is 2.76. The Kier molecular flexibility index (Phi) is 5.05. The summed E-state index contributed by atoms with van der Waals surface area (Å²) in [6.07, 6.45) is 3.91. The first-order valence-electron chi connectivity index (χ1n) is 4.59. The number of hydrogen-bond acceptors (Lipinski definition) is 3. The second kappa shape index (κ2) is 6.08. The molecule has 0 saturated heterocycles. The first-order chi connectivity index (χ1) is 7.20. The van der Waals surface area contributed by atoms with Gasteiger partial charge in [-0.2, -0.15) is 0 Å². The zero-order valence-electron chi connectivity index (χ0n) is 9.14. The molecule has 1 amide bonds. The molecule has 82 valence electrons. The molecule has 0 aliphatic carbocycles. The third kappa shape index (κ3) is 3.18. The van der Waals surface area contributed by atoms with Crippen LogP contribution in [0.1, 0.15) is 0 Å². The zero-order chi connectivity index (χ0) is 11.3. The molecule has 4 heteroatoms. The molecule has 0 atom stereocenters. The van der Waals surface area contributed by atoms with Gasteiger partial charge in [0.2, 0.25) is 5.91 Å². The number of benzene rings is 1. The van der Waals surface area contributed by atoms with Gasteiger partial charge in [-0.25, -0.2) is 0 Å². The molecule has 0 saturated carbocycles. The first-order valence-corrected chi connectivity index (χ1v) is 7.16. The van der Waals surface area contributed by atoms with Gasteiger partial charge in [0.05, 0.1) is 0 Å². The van der Waals surface area contributed by atoms with Crippen LogP contribution in [0, 0.1) is 0 Å². The van der Waals surface area contributed by atoms with E-state index in [1.165, 1.54) is 0 Å². The van der Waals surface area contributed by atoms with E-state index in [0.29, 0.717) is 0 Å². The highest BCUT2D eigenvalue weighted by atomic mass is 32.2. The van der Waals surface area contributed by atoms with Gasteiger partial charge in [0, 0.05) is 12.7 Å². The molecule has 1 rings (SSSR count). The van der Waals surface area contributed by atoms with Crippen molar-refractivity contribution in [3.05, 3.63) is 30.3 Å². The highest BCUT2D eigenvalue weighted by Crippen LogP contribution is 2.23. The second-order valence-corrected chi connectivity index (χ2v) is 5.22. The molecule has 0 fully saturated rings. The minimum absolute atomic E-state index is 0.0183. The fourth-order valence-corrected chi connectivity index (χ4v) is 2.72. The lowest BCUT2D eigenvalue weighted by Gasteiger charge is -2.21. The molecule has 1 aromatic rings. The first kappa shape index (κ1) is 12.5. The van der Waals surface area contributed by atoms with Crippen molar-refractivity contribution in [1.29, 1.82) is 0 Å². The molecule has 0 bridgehead atoms. The van der Waals surface area contributed by atoms with Gasteiger partial charge in [0.1, 0.15) is 4.58 Å². The Morgan fingerprint density at radius 2 is 1.73 bits per heavy atom. The summed E-state index contributed by atoms with van der Waals surface area (Å²) in [7, 11) is 1.82. The summed E-state index contributed by atoms with van der Waals surface area (Å²) >= 11 is 3.15. The molecule has 1 aromatic carbocycles. The SMILES string of the molecule is CSC(SC)C(=O)N(C)c1ccccc1. The number of amides is 1. The lowest BCUT2D eigenvalue weighted by Crippen LogP contribution is -2.32. The number of hydrogen-bond donors (Lipinski definition) is 0. The van der Waals surface area contributed by atoms with Crippen molar-refractivity contribution in [1.82, 2.24) is 0 Å². The number of anilines is 1. The average molecular weight is 241 g/mol. The van der Waals surface area contributed by atoms with Gasteiger partial charge in [0.25, 0.3) is 0 Å². The summed E-state index contributed by atoms with van der Waals surface area (Å²) in [5.41, 5.74) is 0.940. The number of rotatable bonds is 4. The Morgan fingerprint density at radius 3 is 2.20 bits per heavy atom. The molecule has 0 aromatic heterocycles. The van der Waals surface area contributed by atoms with Gasteiger partial charge in [-0.05, 0) is 24.6 Å². The van der Waals surface area contributed by atoms with Crippen LogP contribution in [0.25, 0.3) is 0 Å². The van der Waals surface area contributed by atoms with Gasteiger partial charge in [-0.1, -0.05) is 18.2 Å². The molecule has 0 heterocycles. The molecule has 15 heavy (non-hydrogen) atoms. The van der Waals surface area contributed by atoms with Crippen molar-refractivity contribution in [2.24, 2.45) is 0 Å². The maximum atomic E-state index is 12.0. The van der Waals surface area contributed by atoms with E-state index in [1.54, 1.807) is 28.4 Å². The van der Waals surface area contributed by atoms with Crippen LogP contribution in [0.15, 0.2) is 30.3 Å². The number of thioether (sulfide) groups is 2. The summed E-state index contributed by atoms with van der Waals surface area (Å²) in [4.78, 5) is 13.7. The topological polar surface area (TPSA) is 20.3 Å². The Bertz CT molecular complexity index is 312. The van der Waals surface area contributed by atoms with Crippen molar-refractivity contribution >= 4 is 35.1 Å². The van der Waals surface area contributed by atoms with Crippen molar-refractivity contribution < 1.29 is 4.79 Å². The maximum Gasteiger partial charge on any atom is 0.249 e. The lowest BCUT2D eigenvalue weighted by molar-refractivity contribution is -0.116. The van der Waals surface area contributed by atoms with Crippen LogP contribution in [0.5, 0.6) is 0 Å². The molecular weight excluding hydrogens is 226 g/mol. The monoisotopic (exact) mass is 241 g/mol. The Hall–Kier alpha value is -0.610. The largest absolute Gasteiger partial charge is 0.314 e. The van der Waals surface area contributed by atoms with E-state index in [4.69, 9.17) is 0 Å². The van der Waals surface area contributed by atoms with E-state index in [2.05, 4.69) is 0 Å². The van der Waals surface area contributed by atoms with E-state index in [-0.39, 0.29) is 10.5 Å². The van der Waals surface area contributed by atoms with E-state index in [9.17, 15) is 4.79 Å². The Morgan fingerprint density at radius 1 is 1.20 bits per heavy atom. The predicted molar refractivity (Wildman–Crippen MR) is 70.7 cm³/mol. The Labute approximate surface area is 99.4 Å². The van der Waals surface area contributed by atoms with Gasteiger partial charge in [-0.3, -0.25) is 4.79 Å². The van der Waals surface area contributed by atoms with Crippen LogP contribution in [0.3, 0.4) is 0 Å². The van der Waals surface area contributed by atoms with Crippen LogP contribution in [-0.2, 0) is 4.79 Å². The maximum absolute atomic E-state index is 12.0. The van der Waals surface area contributed by atoms with Crippen molar-refractivity contribution in [3.63, 3.8) is 0 Å². The van der Waals surface area contributed by atoms with Gasteiger partial charge < -0.3 is 4.90 Å². The normalized spacial score (nSPS) is 10.4. The van der Waals surface area contributed by atoms with Crippen molar-refractivity contribution in [2.75, 3.05) is 24.5 Å². The van der Waals surface area contributed by atoms with Gasteiger partial charge >= 0.3 is 0 Å². The zero-order valence-corrected chi connectivity index (χ0v) is 10.8. The fourth-order valence-electron chi connectivity index (χ4n) is 1.23. The second-order valence-electron chi connectivity index (χ2n) is 3.04. The standard InChI is InChI=1S/C11H15NOS2/c1-12(9-7-5-4-6-8-9)10(13)11(14-2)15-3/h4-8,11H,1-3H3. The minimum atomic E-state index is -0.0183. The van der Waals surface area contributed by atoms with Gasteiger partial charge in [0.15, 0.2) is 0 Å². The molecular formula is C11H15NOS2. The molecule has 0 radical (unpaired) electrons. The van der Waals surface area contributed by atoms with Crippen molar-refractivity contribution in [3.8, 4) is 0 Å². The lowest BCUT2D eigenvalue weighted by atomic mass is 10.3. The highest BCUT2D eigenvalue weighted by molar-refractivity contribution is 8.17. The third-order valence-electron chi connectivity index (χ3n) is 2.10. The molecule has 0 spiro atoms. The van der Waals surface area contributed by atoms with E-state index < -0.39 is 0 Å². The number of carbonyl (C=O) groups excluding carboxylic acids is 1. The molecule has 0 N–H and O–H groups in total. The van der Waals surface area contributed by atoms with Crippen LogP contribution in [0.4, 0.5) is 5.69 Å². The summed E-state index contributed by atoms with van der Waals surface area (Å²) < 4.78 is -0.0183. The molecule has 0 unspecified atom stereocenters. The number of carbonyl (C=O) groups is 1. The van der Waals surface area contributed by atoms with Gasteiger partial charge in [-0.15, -0.1) is 23.5 Å². The number of nitrogens with zero attached hydrogens (tertiary/aromatic N) is 1. The quantitative estimate of drug-likeness (QED) is 0.756. The van der Waals surface area contributed by atoms with E-state index in [1.807, 2.05) is 49.9 Å². The van der Waals surface area contributed by atoms with E-state index in [0.717, 1.165) is 5.69 Å². The summed E-state index contributed by atoms with van der Waals surface area (Å²) in [5, 5.41) is 0. The summed E-state index contributed by atoms with van der Waals surface area (Å²) in [5.74, 6) is 0.140. The van der Waals surface area contributed by atoms with E-state index >= 15 is 0 Å². The van der Waals surface area contributed by atoms with Crippen LogP contribution in [-0.4, -0.2) is 30.0 Å². The summed E-state index contributed by atoms with van der Waals surface area (Å²) in [6.45, 7) is 0. The molecule has 2 nitrogen and oxygen atoms in total. The van der Waals surface area contributed by atoms with Crippen molar-refractivity contribution in [2.45, 2.75) is 4.58 Å². The predicted octanol–water partition coefficient (Wildman–Crippen LogP) is 2.70. The van der Waals surface area contributed by atoms with Crippen LogP contribution >= 0.6 is 23.5 Å². The average Bonchev–Trinajstić information content (AvgIpc) is 2.30. The summed E-state index contributed by atoms with van der Waals surface area (Å²) in [6, 6.07) is 9.70. The third-order valence-corrected chi connectivity index (χ3v) is 4.52. The fraction of sp³-hybridized carbons (Fsp3) is 0.364. The van der Waals surface area contributed by atoms with Crippen LogP contribution in [0.2, 0.25) is 0 Å².